The van der Waals surface area contributed by atoms with Crippen LogP contribution in [0.15, 0.2) is 35.7 Å². The fraction of sp³-hybridized carbons (Fsp3) is 0.474. The molecule has 0 spiro atoms. The molecule has 9 heteroatoms. The van der Waals surface area contributed by atoms with Gasteiger partial charge in [0.1, 0.15) is 4.90 Å². The highest BCUT2D eigenvalue weighted by molar-refractivity contribution is 7.89. The maximum Gasteiger partial charge on any atom is 0.246 e. The third-order valence-electron chi connectivity index (χ3n) is 5.42. The van der Waals surface area contributed by atoms with Gasteiger partial charge >= 0.3 is 0 Å². The zero-order chi connectivity index (χ0) is 20.3. The van der Waals surface area contributed by atoms with E-state index in [1.807, 2.05) is 6.07 Å². The minimum absolute atomic E-state index is 0.0418. The van der Waals surface area contributed by atoms with Crippen LogP contribution >= 0.6 is 11.6 Å². The molecule has 0 aliphatic carbocycles. The van der Waals surface area contributed by atoms with Crippen molar-refractivity contribution in [1.29, 1.82) is 5.26 Å². The fourth-order valence-electron chi connectivity index (χ4n) is 3.80. The van der Waals surface area contributed by atoms with Crippen LogP contribution in [0.3, 0.4) is 0 Å². The van der Waals surface area contributed by atoms with E-state index >= 15 is 0 Å². The van der Waals surface area contributed by atoms with Gasteiger partial charge in [0.25, 0.3) is 0 Å². The Hall–Kier alpha value is -1.92. The number of benzene rings is 1. The Morgan fingerprint density at radius 2 is 1.82 bits per heavy atom. The molecule has 0 unspecified atom stereocenters. The summed E-state index contributed by atoms with van der Waals surface area (Å²) in [6.07, 6.45) is 2.82. The molecule has 0 N–H and O–H groups in total. The molecule has 2 aliphatic rings. The van der Waals surface area contributed by atoms with Crippen LogP contribution in [-0.4, -0.2) is 73.7 Å². The van der Waals surface area contributed by atoms with Crippen molar-refractivity contribution in [1.82, 2.24) is 14.1 Å². The van der Waals surface area contributed by atoms with Gasteiger partial charge in [-0.1, -0.05) is 18.2 Å². The average molecular weight is 423 g/mol. The maximum atomic E-state index is 12.9. The van der Waals surface area contributed by atoms with Gasteiger partial charge < -0.3 is 4.90 Å². The Labute approximate surface area is 170 Å². The van der Waals surface area contributed by atoms with Crippen LogP contribution in [0.2, 0.25) is 5.02 Å². The third kappa shape index (κ3) is 4.23. The summed E-state index contributed by atoms with van der Waals surface area (Å²) in [4.78, 5) is 15.9. The molecule has 150 valence electrons. The maximum absolute atomic E-state index is 12.9. The highest BCUT2D eigenvalue weighted by Crippen LogP contribution is 2.28. The van der Waals surface area contributed by atoms with Crippen molar-refractivity contribution >= 4 is 27.5 Å². The number of sulfonamides is 1. The van der Waals surface area contributed by atoms with Crippen molar-refractivity contribution in [3.8, 4) is 6.07 Å². The number of rotatable bonds is 4. The first kappa shape index (κ1) is 20.8. The van der Waals surface area contributed by atoms with E-state index in [-0.39, 0.29) is 15.8 Å². The Kier molecular flexibility index (Phi) is 6.40. The number of nitrogens with zero attached hydrogens (tertiary/aromatic N) is 4. The van der Waals surface area contributed by atoms with Gasteiger partial charge in [0, 0.05) is 45.3 Å². The number of hydrogen-bond acceptors (Lipinski definition) is 5. The largest absolute Gasteiger partial charge is 0.337 e. The molecule has 0 bridgehead atoms. The van der Waals surface area contributed by atoms with E-state index in [4.69, 9.17) is 16.9 Å². The lowest BCUT2D eigenvalue weighted by Gasteiger charge is -2.42. The standard InChI is InChI=1S/C19H23ClN4O3S/c1-2-19(25)23-11-9-22(10-12-23)16-5-7-24(8-6-16)28(26,27)18-4-3-15(14-21)13-17(18)20/h2-4,13,16H,1,5-12H2. The normalized spacial score (nSPS) is 19.9. The van der Waals surface area contributed by atoms with E-state index in [1.165, 1.54) is 28.6 Å². The van der Waals surface area contributed by atoms with Crippen LogP contribution in [0.25, 0.3) is 0 Å². The summed E-state index contributed by atoms with van der Waals surface area (Å²) in [5.74, 6) is -0.0418. The SMILES string of the molecule is C=CC(=O)N1CCN(C2CCN(S(=O)(=O)c3ccc(C#N)cc3Cl)CC2)CC1. The smallest absolute Gasteiger partial charge is 0.246 e. The summed E-state index contributed by atoms with van der Waals surface area (Å²) >= 11 is 6.11. The van der Waals surface area contributed by atoms with E-state index in [0.717, 1.165) is 25.9 Å². The molecule has 0 aromatic heterocycles. The van der Waals surface area contributed by atoms with Crippen LogP contribution in [0.4, 0.5) is 0 Å². The summed E-state index contributed by atoms with van der Waals surface area (Å²) in [5, 5.41) is 8.99. The summed E-state index contributed by atoms with van der Waals surface area (Å²) < 4.78 is 27.3. The molecule has 3 rings (SSSR count). The number of halogens is 1. The minimum atomic E-state index is -3.69. The topological polar surface area (TPSA) is 84.7 Å². The van der Waals surface area contributed by atoms with Crippen molar-refractivity contribution in [2.75, 3.05) is 39.3 Å². The monoisotopic (exact) mass is 422 g/mol. The number of carbonyl (C=O) groups excluding carboxylic acids is 1. The van der Waals surface area contributed by atoms with E-state index in [0.29, 0.717) is 37.8 Å². The van der Waals surface area contributed by atoms with Crippen molar-refractivity contribution in [3.05, 3.63) is 41.4 Å². The van der Waals surface area contributed by atoms with Crippen LogP contribution in [0, 0.1) is 11.3 Å². The number of amides is 1. The third-order valence-corrected chi connectivity index (χ3v) is 7.80. The number of hydrogen-bond donors (Lipinski definition) is 0. The molecule has 0 saturated carbocycles. The molecule has 1 amide bonds. The zero-order valence-corrected chi connectivity index (χ0v) is 17.1. The Morgan fingerprint density at radius 1 is 1.18 bits per heavy atom. The van der Waals surface area contributed by atoms with Gasteiger partial charge in [-0.05, 0) is 37.1 Å². The van der Waals surface area contributed by atoms with E-state index < -0.39 is 10.0 Å². The first-order valence-corrected chi connectivity index (χ1v) is 11.0. The van der Waals surface area contributed by atoms with Crippen LogP contribution in [0.1, 0.15) is 18.4 Å². The first-order chi connectivity index (χ1) is 13.4. The highest BCUT2D eigenvalue weighted by Gasteiger charge is 2.34. The Bertz CT molecular complexity index is 896. The van der Waals surface area contributed by atoms with Crippen molar-refractivity contribution in [2.45, 2.75) is 23.8 Å². The Balaban J connectivity index is 1.60. The van der Waals surface area contributed by atoms with Crippen LogP contribution in [-0.2, 0) is 14.8 Å². The first-order valence-electron chi connectivity index (χ1n) is 9.22. The molecule has 2 aliphatic heterocycles. The summed E-state index contributed by atoms with van der Waals surface area (Å²) in [6, 6.07) is 6.51. The number of piperazine rings is 1. The van der Waals surface area contributed by atoms with Gasteiger partial charge in [0.15, 0.2) is 0 Å². The van der Waals surface area contributed by atoms with Gasteiger partial charge in [0.05, 0.1) is 16.7 Å². The molecule has 1 aromatic carbocycles. The van der Waals surface area contributed by atoms with Crippen LogP contribution < -0.4 is 0 Å². The minimum Gasteiger partial charge on any atom is -0.337 e. The molecule has 2 heterocycles. The van der Waals surface area contributed by atoms with E-state index in [1.54, 1.807) is 4.90 Å². The van der Waals surface area contributed by atoms with E-state index in [9.17, 15) is 13.2 Å². The van der Waals surface area contributed by atoms with Gasteiger partial charge in [-0.2, -0.15) is 9.57 Å². The average Bonchev–Trinajstić information content (AvgIpc) is 2.73. The summed E-state index contributed by atoms with van der Waals surface area (Å²) in [6.45, 7) is 7.30. The lowest BCUT2D eigenvalue weighted by Crippen LogP contribution is -2.54. The predicted octanol–water partition coefficient (Wildman–Crippen LogP) is 1.69. The second-order valence-corrected chi connectivity index (χ2v) is 9.27. The fourth-order valence-corrected chi connectivity index (χ4v) is 5.79. The quantitative estimate of drug-likeness (QED) is 0.689. The summed E-state index contributed by atoms with van der Waals surface area (Å²) in [5.41, 5.74) is 0.330. The van der Waals surface area contributed by atoms with Crippen molar-refractivity contribution in [3.63, 3.8) is 0 Å². The lowest BCUT2D eigenvalue weighted by molar-refractivity contribution is -0.128. The van der Waals surface area contributed by atoms with Gasteiger partial charge in [-0.25, -0.2) is 8.42 Å². The second-order valence-electron chi connectivity index (χ2n) is 6.96. The zero-order valence-electron chi connectivity index (χ0n) is 15.6. The molecular weight excluding hydrogens is 400 g/mol. The number of carbonyl (C=O) groups is 1. The second kappa shape index (κ2) is 8.62. The van der Waals surface area contributed by atoms with Crippen LogP contribution in [0.5, 0.6) is 0 Å². The number of piperidine rings is 1. The molecule has 0 atom stereocenters. The van der Waals surface area contributed by atoms with E-state index in [2.05, 4.69) is 11.5 Å². The molecule has 2 saturated heterocycles. The van der Waals surface area contributed by atoms with Crippen molar-refractivity contribution in [2.24, 2.45) is 0 Å². The van der Waals surface area contributed by atoms with Gasteiger partial charge in [-0.3, -0.25) is 9.69 Å². The van der Waals surface area contributed by atoms with Gasteiger partial charge in [0.2, 0.25) is 15.9 Å². The Morgan fingerprint density at radius 3 is 2.36 bits per heavy atom. The molecule has 2 fully saturated rings. The highest BCUT2D eigenvalue weighted by atomic mass is 35.5. The van der Waals surface area contributed by atoms with Crippen molar-refractivity contribution < 1.29 is 13.2 Å². The molecule has 0 radical (unpaired) electrons. The predicted molar refractivity (Wildman–Crippen MR) is 106 cm³/mol. The summed E-state index contributed by atoms with van der Waals surface area (Å²) in [7, 11) is -3.69. The number of nitriles is 1. The molecule has 1 aromatic rings. The lowest BCUT2D eigenvalue weighted by atomic mass is 10.0. The molecule has 7 nitrogen and oxygen atoms in total. The molecular formula is C19H23ClN4O3S. The van der Waals surface area contributed by atoms with Gasteiger partial charge in [-0.15, -0.1) is 0 Å². The molecule has 28 heavy (non-hydrogen) atoms.